The van der Waals surface area contributed by atoms with E-state index >= 15 is 0 Å². The summed E-state index contributed by atoms with van der Waals surface area (Å²) in [6.45, 7) is 0. The van der Waals surface area contributed by atoms with Gasteiger partial charge in [0.1, 0.15) is 0 Å². The Balaban J connectivity index is 1.71. The summed E-state index contributed by atoms with van der Waals surface area (Å²) >= 11 is 5.32. The number of benzene rings is 1. The molecule has 0 aliphatic heterocycles. The van der Waals surface area contributed by atoms with E-state index in [1.165, 1.54) is 33.3 Å². The number of nitrogens with two attached hydrogens (primary N) is 1. The zero-order chi connectivity index (χ0) is 13.9. The van der Waals surface area contributed by atoms with Crippen molar-refractivity contribution in [3.8, 4) is 0 Å². The zero-order valence-corrected chi connectivity index (χ0v) is 13.7. The highest BCUT2D eigenvalue weighted by Crippen LogP contribution is 2.30. The van der Waals surface area contributed by atoms with Crippen molar-refractivity contribution in [2.75, 3.05) is 0 Å². The summed E-state index contributed by atoms with van der Waals surface area (Å²) in [5.41, 5.74) is 6.06. The van der Waals surface area contributed by atoms with Crippen LogP contribution in [0.2, 0.25) is 0 Å². The second kappa shape index (κ2) is 6.39. The van der Waals surface area contributed by atoms with Gasteiger partial charge in [-0.2, -0.15) is 0 Å². The minimum atomic E-state index is 0.355. The molecule has 106 valence electrons. The maximum absolute atomic E-state index is 5.82. The lowest BCUT2D eigenvalue weighted by atomic mass is 9.79. The van der Waals surface area contributed by atoms with Crippen LogP contribution in [0.25, 0.3) is 0 Å². The monoisotopic (exact) mass is 350 g/mol. The Morgan fingerprint density at radius 2 is 2.15 bits per heavy atom. The van der Waals surface area contributed by atoms with Gasteiger partial charge in [-0.15, -0.1) is 11.3 Å². The van der Waals surface area contributed by atoms with Gasteiger partial charge in [0.25, 0.3) is 0 Å². The number of rotatable bonds is 4. The molecule has 2 nitrogen and oxygen atoms in total. The van der Waals surface area contributed by atoms with Crippen LogP contribution in [0.5, 0.6) is 0 Å². The molecule has 2 atom stereocenters. The van der Waals surface area contributed by atoms with Crippen molar-refractivity contribution in [1.82, 2.24) is 5.43 Å². The zero-order valence-electron chi connectivity index (χ0n) is 11.3. The second-order valence-corrected chi connectivity index (χ2v) is 7.39. The van der Waals surface area contributed by atoms with Crippen LogP contribution in [0, 0.1) is 5.92 Å². The first-order valence-corrected chi connectivity index (χ1v) is 8.69. The van der Waals surface area contributed by atoms with Gasteiger partial charge in [0.15, 0.2) is 0 Å². The molecule has 1 aromatic heterocycles. The molecule has 0 saturated carbocycles. The van der Waals surface area contributed by atoms with E-state index in [4.69, 9.17) is 5.84 Å². The molecule has 0 spiro atoms. The Morgan fingerprint density at radius 3 is 2.85 bits per heavy atom. The fraction of sp³-hybridized carbons (Fsp3) is 0.375. The fourth-order valence-electron chi connectivity index (χ4n) is 3.11. The highest BCUT2D eigenvalue weighted by molar-refractivity contribution is 9.10. The largest absolute Gasteiger partial charge is 0.271 e. The summed E-state index contributed by atoms with van der Waals surface area (Å²) in [6.07, 6.45) is 4.54. The molecule has 0 amide bonds. The van der Waals surface area contributed by atoms with Crippen molar-refractivity contribution in [1.29, 1.82) is 0 Å². The lowest BCUT2D eigenvalue weighted by Crippen LogP contribution is -2.44. The Hall–Kier alpha value is -0.680. The van der Waals surface area contributed by atoms with Crippen LogP contribution in [-0.2, 0) is 19.3 Å². The molecule has 1 heterocycles. The summed E-state index contributed by atoms with van der Waals surface area (Å²) in [4.78, 5) is 1.39. The maximum Gasteiger partial charge on any atom is 0.0290 e. The molecule has 20 heavy (non-hydrogen) atoms. The molecule has 3 rings (SSSR count). The smallest absolute Gasteiger partial charge is 0.0290 e. The molecule has 3 N–H and O–H groups in total. The van der Waals surface area contributed by atoms with E-state index in [9.17, 15) is 0 Å². The fourth-order valence-corrected chi connectivity index (χ4v) is 4.62. The number of fused-ring (bicyclic) bond motifs is 1. The summed E-state index contributed by atoms with van der Waals surface area (Å²) < 4.78 is 1.17. The van der Waals surface area contributed by atoms with Crippen molar-refractivity contribution in [2.45, 2.75) is 31.7 Å². The number of hydrogen-bond donors (Lipinski definition) is 2. The second-order valence-electron chi connectivity index (χ2n) is 5.48. The molecule has 0 fully saturated rings. The third-order valence-electron chi connectivity index (χ3n) is 4.21. The Labute approximate surface area is 132 Å². The molecular formula is C16H19BrN2S. The van der Waals surface area contributed by atoms with E-state index in [2.05, 4.69) is 57.1 Å². The van der Waals surface area contributed by atoms with Gasteiger partial charge >= 0.3 is 0 Å². The van der Waals surface area contributed by atoms with E-state index in [-0.39, 0.29) is 0 Å². The normalized spacial score (nSPS) is 19.6. The summed E-state index contributed by atoms with van der Waals surface area (Å²) in [6, 6.07) is 11.4. The summed E-state index contributed by atoms with van der Waals surface area (Å²) in [5.74, 6) is 6.44. The standard InChI is InChI=1S/C16H19BrN2S/c17-14-8-15(20-10-14)9-16(19-18)13-6-5-11-3-1-2-4-12(11)7-13/h1-4,8,10,13,16,19H,5-7,9,18H2. The van der Waals surface area contributed by atoms with Crippen LogP contribution in [0.15, 0.2) is 40.2 Å². The average Bonchev–Trinajstić information content (AvgIpc) is 2.89. The van der Waals surface area contributed by atoms with E-state index in [1.807, 2.05) is 0 Å². The van der Waals surface area contributed by atoms with Gasteiger partial charge in [0, 0.05) is 20.8 Å². The SMILES string of the molecule is NNC(Cc1cc(Br)cs1)C1CCc2ccccc2C1. The predicted octanol–water partition coefficient (Wildman–Crippen LogP) is 3.69. The number of hydrogen-bond acceptors (Lipinski definition) is 3. The average molecular weight is 351 g/mol. The number of thiophene rings is 1. The Morgan fingerprint density at radius 1 is 1.35 bits per heavy atom. The van der Waals surface area contributed by atoms with Crippen LogP contribution in [0.3, 0.4) is 0 Å². The minimum Gasteiger partial charge on any atom is -0.271 e. The highest BCUT2D eigenvalue weighted by atomic mass is 79.9. The van der Waals surface area contributed by atoms with Crippen LogP contribution in [0.4, 0.5) is 0 Å². The van der Waals surface area contributed by atoms with Gasteiger partial charge in [-0.25, -0.2) is 0 Å². The molecule has 1 aliphatic rings. The van der Waals surface area contributed by atoms with Gasteiger partial charge in [-0.3, -0.25) is 11.3 Å². The molecule has 0 radical (unpaired) electrons. The van der Waals surface area contributed by atoms with Crippen LogP contribution in [0.1, 0.15) is 22.4 Å². The van der Waals surface area contributed by atoms with Crippen LogP contribution < -0.4 is 11.3 Å². The first-order valence-electron chi connectivity index (χ1n) is 7.02. The van der Waals surface area contributed by atoms with Crippen molar-refractivity contribution in [2.24, 2.45) is 11.8 Å². The molecule has 2 unspecified atom stereocenters. The van der Waals surface area contributed by atoms with E-state index in [0.29, 0.717) is 12.0 Å². The van der Waals surface area contributed by atoms with Gasteiger partial charge in [-0.1, -0.05) is 24.3 Å². The third-order valence-corrected chi connectivity index (χ3v) is 5.93. The first kappa shape index (κ1) is 14.3. The lowest BCUT2D eigenvalue weighted by Gasteiger charge is -2.31. The van der Waals surface area contributed by atoms with E-state index in [0.717, 1.165) is 12.8 Å². The molecular weight excluding hydrogens is 332 g/mol. The molecule has 0 saturated heterocycles. The third kappa shape index (κ3) is 3.14. The van der Waals surface area contributed by atoms with Crippen molar-refractivity contribution in [3.63, 3.8) is 0 Å². The molecule has 1 aromatic carbocycles. The van der Waals surface area contributed by atoms with Crippen molar-refractivity contribution >= 4 is 27.3 Å². The van der Waals surface area contributed by atoms with E-state index < -0.39 is 0 Å². The number of aryl methyl sites for hydroxylation is 1. The van der Waals surface area contributed by atoms with Crippen LogP contribution in [-0.4, -0.2) is 6.04 Å². The first-order chi connectivity index (χ1) is 9.76. The van der Waals surface area contributed by atoms with Gasteiger partial charge in [0.05, 0.1) is 0 Å². The van der Waals surface area contributed by atoms with Crippen molar-refractivity contribution < 1.29 is 0 Å². The quantitative estimate of drug-likeness (QED) is 0.651. The lowest BCUT2D eigenvalue weighted by molar-refractivity contribution is 0.322. The molecule has 0 bridgehead atoms. The van der Waals surface area contributed by atoms with Gasteiger partial charge < -0.3 is 0 Å². The Bertz CT molecular complexity index is 581. The number of halogens is 1. The number of hydrazine groups is 1. The molecule has 4 heteroatoms. The van der Waals surface area contributed by atoms with Crippen LogP contribution >= 0.6 is 27.3 Å². The minimum absolute atomic E-state index is 0.355. The predicted molar refractivity (Wildman–Crippen MR) is 88.8 cm³/mol. The Kier molecular flexibility index (Phi) is 4.56. The maximum atomic E-state index is 5.82. The highest BCUT2D eigenvalue weighted by Gasteiger charge is 2.25. The topological polar surface area (TPSA) is 38.0 Å². The molecule has 2 aromatic rings. The summed E-state index contributed by atoms with van der Waals surface area (Å²) in [5, 5.41) is 2.14. The van der Waals surface area contributed by atoms with Gasteiger partial charge in [-0.05, 0) is 64.7 Å². The van der Waals surface area contributed by atoms with Gasteiger partial charge in [0.2, 0.25) is 0 Å². The molecule has 1 aliphatic carbocycles. The van der Waals surface area contributed by atoms with Crippen molar-refractivity contribution in [3.05, 3.63) is 56.2 Å². The van der Waals surface area contributed by atoms with E-state index in [1.54, 1.807) is 11.3 Å². The summed E-state index contributed by atoms with van der Waals surface area (Å²) in [7, 11) is 0. The number of nitrogens with one attached hydrogen (secondary N) is 1.